The van der Waals surface area contributed by atoms with E-state index in [0.717, 1.165) is 31.7 Å². The normalized spacial score (nSPS) is 15.5. The predicted molar refractivity (Wildman–Crippen MR) is 97.5 cm³/mol. The van der Waals surface area contributed by atoms with Gasteiger partial charge in [0.25, 0.3) is 0 Å². The average Bonchev–Trinajstić information content (AvgIpc) is 2.63. The highest BCUT2D eigenvalue weighted by Gasteiger charge is 2.10. The molecule has 0 amide bonds. The van der Waals surface area contributed by atoms with Crippen molar-refractivity contribution in [3.8, 4) is 0 Å². The highest BCUT2D eigenvalue weighted by molar-refractivity contribution is 5.97. The summed E-state index contributed by atoms with van der Waals surface area (Å²) >= 11 is 0. The van der Waals surface area contributed by atoms with E-state index in [-0.39, 0.29) is 5.78 Å². The molecule has 24 heavy (non-hydrogen) atoms. The molecule has 0 aromatic heterocycles. The molecule has 1 heterocycles. The maximum Gasteiger partial charge on any atom is 0.176 e. The van der Waals surface area contributed by atoms with Crippen molar-refractivity contribution in [1.29, 1.82) is 0 Å². The van der Waals surface area contributed by atoms with Crippen LogP contribution in [0.2, 0.25) is 0 Å². The molecule has 1 aliphatic heterocycles. The minimum absolute atomic E-state index is 0.160. The van der Waals surface area contributed by atoms with Crippen LogP contribution in [0.15, 0.2) is 24.3 Å². The lowest BCUT2D eigenvalue weighted by Crippen LogP contribution is -2.37. The van der Waals surface area contributed by atoms with Crippen LogP contribution in [0.25, 0.3) is 0 Å². The number of ketones is 1. The van der Waals surface area contributed by atoms with E-state index in [4.69, 9.17) is 4.74 Å². The molecule has 2 N–H and O–H groups in total. The first-order valence-electron chi connectivity index (χ1n) is 9.04. The fourth-order valence-corrected chi connectivity index (χ4v) is 2.94. The molecule has 1 aliphatic rings. The molecule has 0 aliphatic carbocycles. The van der Waals surface area contributed by atoms with Crippen molar-refractivity contribution in [1.82, 2.24) is 15.5 Å². The highest BCUT2D eigenvalue weighted by Crippen LogP contribution is 2.07. The van der Waals surface area contributed by atoms with E-state index in [2.05, 4.69) is 15.5 Å². The minimum atomic E-state index is 0.160. The number of benzene rings is 1. The Hall–Kier alpha value is -1.27. The number of rotatable bonds is 11. The number of likely N-dealkylation sites (tertiary alicyclic amines) is 1. The molecule has 2 rings (SSSR count). The summed E-state index contributed by atoms with van der Waals surface area (Å²) in [4.78, 5) is 14.7. The number of nitrogens with one attached hydrogen (secondary N) is 2. The molecule has 0 bridgehead atoms. The standard InChI is InChI=1S/C19H31N3O2/c1-24-14-10-21-15-17-5-7-18(8-6-17)19(23)16-20-9-13-22-11-3-2-4-12-22/h5-8,20-21H,2-4,9-16H2,1H3. The molecule has 0 spiro atoms. The third-order valence-electron chi connectivity index (χ3n) is 4.43. The van der Waals surface area contributed by atoms with Gasteiger partial charge in [-0.15, -0.1) is 0 Å². The second kappa shape index (κ2) is 11.3. The molecule has 5 nitrogen and oxygen atoms in total. The van der Waals surface area contributed by atoms with Crippen molar-refractivity contribution < 1.29 is 9.53 Å². The van der Waals surface area contributed by atoms with Crippen LogP contribution in [0.4, 0.5) is 0 Å². The molecule has 1 fully saturated rings. The van der Waals surface area contributed by atoms with Gasteiger partial charge < -0.3 is 20.3 Å². The lowest BCUT2D eigenvalue weighted by molar-refractivity contribution is 0.0989. The van der Waals surface area contributed by atoms with E-state index < -0.39 is 0 Å². The van der Waals surface area contributed by atoms with E-state index in [1.165, 1.54) is 37.9 Å². The largest absolute Gasteiger partial charge is 0.383 e. The Kier molecular flexibility index (Phi) is 8.98. The Bertz CT molecular complexity index is 470. The van der Waals surface area contributed by atoms with E-state index in [9.17, 15) is 4.79 Å². The van der Waals surface area contributed by atoms with Crippen LogP contribution in [-0.4, -0.2) is 63.7 Å². The molecule has 5 heteroatoms. The van der Waals surface area contributed by atoms with Crippen LogP contribution in [-0.2, 0) is 11.3 Å². The van der Waals surface area contributed by atoms with Gasteiger partial charge in [-0.3, -0.25) is 4.79 Å². The monoisotopic (exact) mass is 333 g/mol. The third-order valence-corrected chi connectivity index (χ3v) is 4.43. The van der Waals surface area contributed by atoms with Crippen molar-refractivity contribution >= 4 is 5.78 Å². The number of ether oxygens (including phenoxy) is 1. The summed E-state index contributed by atoms with van der Waals surface area (Å²) in [6.45, 7) is 7.08. The van der Waals surface area contributed by atoms with Gasteiger partial charge in [-0.1, -0.05) is 30.7 Å². The van der Waals surface area contributed by atoms with E-state index in [1.54, 1.807) is 7.11 Å². The first-order valence-corrected chi connectivity index (χ1v) is 9.04. The molecule has 1 aromatic rings. The molecular weight excluding hydrogens is 302 g/mol. The first-order chi connectivity index (χ1) is 11.8. The Balaban J connectivity index is 1.62. The molecule has 0 radical (unpaired) electrons. The smallest absolute Gasteiger partial charge is 0.176 e. The molecule has 0 unspecified atom stereocenters. The van der Waals surface area contributed by atoms with Gasteiger partial charge in [0.15, 0.2) is 5.78 Å². The summed E-state index contributed by atoms with van der Waals surface area (Å²) in [5.74, 6) is 0.160. The summed E-state index contributed by atoms with van der Waals surface area (Å²) in [6.07, 6.45) is 3.98. The lowest BCUT2D eigenvalue weighted by Gasteiger charge is -2.26. The SMILES string of the molecule is COCCNCc1ccc(C(=O)CNCCN2CCCCC2)cc1. The van der Waals surface area contributed by atoms with Crippen molar-refractivity contribution in [2.24, 2.45) is 0 Å². The number of methoxy groups -OCH3 is 1. The van der Waals surface area contributed by atoms with E-state index >= 15 is 0 Å². The molecular formula is C19H31N3O2. The van der Waals surface area contributed by atoms with Gasteiger partial charge in [0.05, 0.1) is 13.2 Å². The topological polar surface area (TPSA) is 53.6 Å². The second-order valence-electron chi connectivity index (χ2n) is 6.37. The Morgan fingerprint density at radius 3 is 2.54 bits per heavy atom. The maximum absolute atomic E-state index is 12.2. The summed E-state index contributed by atoms with van der Waals surface area (Å²) in [7, 11) is 1.70. The van der Waals surface area contributed by atoms with Crippen LogP contribution >= 0.6 is 0 Å². The minimum Gasteiger partial charge on any atom is -0.383 e. The number of nitrogens with zero attached hydrogens (tertiary/aromatic N) is 1. The number of hydrogen-bond donors (Lipinski definition) is 2. The quantitative estimate of drug-likeness (QED) is 0.477. The van der Waals surface area contributed by atoms with Crippen LogP contribution < -0.4 is 10.6 Å². The van der Waals surface area contributed by atoms with Crippen LogP contribution in [0.5, 0.6) is 0 Å². The summed E-state index contributed by atoms with van der Waals surface area (Å²) < 4.78 is 5.00. The molecule has 1 saturated heterocycles. The second-order valence-corrected chi connectivity index (χ2v) is 6.37. The average molecular weight is 333 g/mol. The fourth-order valence-electron chi connectivity index (χ4n) is 2.94. The Labute approximate surface area is 145 Å². The van der Waals surface area contributed by atoms with Gasteiger partial charge in [0.2, 0.25) is 0 Å². The van der Waals surface area contributed by atoms with E-state index in [0.29, 0.717) is 13.2 Å². The Morgan fingerprint density at radius 2 is 1.83 bits per heavy atom. The van der Waals surface area contributed by atoms with Gasteiger partial charge in [0, 0.05) is 38.9 Å². The summed E-state index contributed by atoms with van der Waals surface area (Å²) in [5, 5.41) is 6.57. The van der Waals surface area contributed by atoms with Gasteiger partial charge in [-0.05, 0) is 31.5 Å². The van der Waals surface area contributed by atoms with Crippen LogP contribution in [0, 0.1) is 0 Å². The van der Waals surface area contributed by atoms with Gasteiger partial charge >= 0.3 is 0 Å². The predicted octanol–water partition coefficient (Wildman–Crippen LogP) is 1.68. The molecule has 0 saturated carbocycles. The van der Waals surface area contributed by atoms with Crippen molar-refractivity contribution in [3.63, 3.8) is 0 Å². The zero-order chi connectivity index (χ0) is 17.0. The molecule has 0 atom stereocenters. The van der Waals surface area contributed by atoms with Crippen molar-refractivity contribution in [2.75, 3.05) is 53.0 Å². The zero-order valence-electron chi connectivity index (χ0n) is 14.9. The third kappa shape index (κ3) is 7.09. The van der Waals surface area contributed by atoms with Gasteiger partial charge in [0.1, 0.15) is 0 Å². The van der Waals surface area contributed by atoms with Gasteiger partial charge in [-0.25, -0.2) is 0 Å². The number of carbonyl (C=O) groups is 1. The van der Waals surface area contributed by atoms with Crippen molar-refractivity contribution in [2.45, 2.75) is 25.8 Å². The zero-order valence-corrected chi connectivity index (χ0v) is 14.9. The number of hydrogen-bond acceptors (Lipinski definition) is 5. The van der Waals surface area contributed by atoms with Crippen molar-refractivity contribution in [3.05, 3.63) is 35.4 Å². The fraction of sp³-hybridized carbons (Fsp3) is 0.632. The summed E-state index contributed by atoms with van der Waals surface area (Å²) in [5.41, 5.74) is 1.96. The highest BCUT2D eigenvalue weighted by atomic mass is 16.5. The molecule has 1 aromatic carbocycles. The maximum atomic E-state index is 12.2. The summed E-state index contributed by atoms with van der Waals surface area (Å²) in [6, 6.07) is 7.87. The number of Topliss-reactive ketones (excluding diaryl/α,β-unsaturated/α-hetero) is 1. The first kappa shape index (κ1) is 19.1. The Morgan fingerprint density at radius 1 is 1.08 bits per heavy atom. The van der Waals surface area contributed by atoms with E-state index in [1.807, 2.05) is 24.3 Å². The van der Waals surface area contributed by atoms with Crippen LogP contribution in [0.1, 0.15) is 35.2 Å². The number of piperidine rings is 1. The van der Waals surface area contributed by atoms with Gasteiger partial charge in [-0.2, -0.15) is 0 Å². The number of carbonyl (C=O) groups excluding carboxylic acids is 1. The lowest BCUT2D eigenvalue weighted by atomic mass is 10.1. The molecule has 134 valence electrons. The van der Waals surface area contributed by atoms with Crippen LogP contribution in [0.3, 0.4) is 0 Å².